The highest BCUT2D eigenvalue weighted by Gasteiger charge is 2.34. The zero-order chi connectivity index (χ0) is 14.0. The Bertz CT molecular complexity index is 579. The molecular weight excluding hydrogens is 246 g/mol. The lowest BCUT2D eigenvalue weighted by Gasteiger charge is -2.29. The summed E-state index contributed by atoms with van der Waals surface area (Å²) in [7, 11) is 0. The Hall–Kier alpha value is -1.35. The number of aryl methyl sites for hydroxylation is 1. The molecule has 1 N–H and O–H groups in total. The Kier molecular flexibility index (Phi) is 3.79. The molecule has 108 valence electrons. The van der Waals surface area contributed by atoms with Gasteiger partial charge in [-0.1, -0.05) is 25.5 Å². The Balaban J connectivity index is 1.97. The lowest BCUT2D eigenvalue weighted by molar-refractivity contribution is 0.332. The van der Waals surface area contributed by atoms with E-state index < -0.39 is 0 Å². The number of rotatable bonds is 5. The molecule has 1 aromatic carbocycles. The molecule has 3 heteroatoms. The average Bonchev–Trinajstić information content (AvgIpc) is 3.03. The molecule has 2 heterocycles. The second-order valence-electron chi connectivity index (χ2n) is 6.00. The lowest BCUT2D eigenvalue weighted by atomic mass is 9.88. The van der Waals surface area contributed by atoms with Gasteiger partial charge in [-0.15, -0.1) is 0 Å². The van der Waals surface area contributed by atoms with Crippen LogP contribution in [0, 0.1) is 0 Å². The minimum Gasteiger partial charge on any atom is -0.328 e. The maximum absolute atomic E-state index is 4.90. The summed E-state index contributed by atoms with van der Waals surface area (Å²) in [5, 5.41) is 3.76. The maximum Gasteiger partial charge on any atom is 0.111 e. The number of fused-ring (bicyclic) bond motifs is 1. The molecule has 1 fully saturated rings. The van der Waals surface area contributed by atoms with E-state index in [0.717, 1.165) is 25.0 Å². The summed E-state index contributed by atoms with van der Waals surface area (Å²) in [5.41, 5.74) is 2.69. The minimum absolute atomic E-state index is 0.281. The second-order valence-corrected chi connectivity index (χ2v) is 6.00. The summed E-state index contributed by atoms with van der Waals surface area (Å²) in [6, 6.07) is 8.49. The van der Waals surface area contributed by atoms with Crippen molar-refractivity contribution in [2.45, 2.75) is 58.0 Å². The van der Waals surface area contributed by atoms with Crippen LogP contribution in [0.5, 0.6) is 0 Å². The molecule has 1 unspecified atom stereocenters. The minimum atomic E-state index is 0.281. The number of hydrogen-bond acceptors (Lipinski definition) is 2. The molecule has 0 bridgehead atoms. The third-order valence-electron chi connectivity index (χ3n) is 4.61. The van der Waals surface area contributed by atoms with Gasteiger partial charge in [-0.3, -0.25) is 0 Å². The molecule has 3 nitrogen and oxygen atoms in total. The zero-order valence-corrected chi connectivity index (χ0v) is 12.7. The van der Waals surface area contributed by atoms with Crippen LogP contribution in [0.3, 0.4) is 0 Å². The first-order valence-corrected chi connectivity index (χ1v) is 7.97. The number of aromatic nitrogens is 2. The van der Waals surface area contributed by atoms with E-state index in [1.54, 1.807) is 0 Å². The highest BCUT2D eigenvalue weighted by molar-refractivity contribution is 5.75. The SMILES string of the molecule is CCCC1(Cc2nc3ccccc3n2CC)CCCN1. The molecule has 20 heavy (non-hydrogen) atoms. The van der Waals surface area contributed by atoms with Crippen molar-refractivity contribution in [3.63, 3.8) is 0 Å². The summed E-state index contributed by atoms with van der Waals surface area (Å²) >= 11 is 0. The van der Waals surface area contributed by atoms with Gasteiger partial charge in [0.1, 0.15) is 5.82 Å². The van der Waals surface area contributed by atoms with E-state index in [-0.39, 0.29) is 5.54 Å². The Morgan fingerprint density at radius 2 is 2.15 bits per heavy atom. The van der Waals surface area contributed by atoms with Gasteiger partial charge >= 0.3 is 0 Å². The molecule has 3 rings (SSSR count). The number of hydrogen-bond donors (Lipinski definition) is 1. The Labute approximate surface area is 121 Å². The van der Waals surface area contributed by atoms with Gasteiger partial charge < -0.3 is 9.88 Å². The molecule has 0 aliphatic carbocycles. The van der Waals surface area contributed by atoms with Gasteiger partial charge in [0.05, 0.1) is 11.0 Å². The summed E-state index contributed by atoms with van der Waals surface area (Å²) in [6.45, 7) is 6.65. The van der Waals surface area contributed by atoms with Crippen molar-refractivity contribution in [2.75, 3.05) is 6.54 Å². The van der Waals surface area contributed by atoms with Crippen molar-refractivity contribution in [3.05, 3.63) is 30.1 Å². The fraction of sp³-hybridized carbons (Fsp3) is 0.588. The number of nitrogens with one attached hydrogen (secondary N) is 1. The van der Waals surface area contributed by atoms with Gasteiger partial charge in [0.25, 0.3) is 0 Å². The first-order valence-electron chi connectivity index (χ1n) is 7.97. The van der Waals surface area contributed by atoms with Crippen LogP contribution in [-0.2, 0) is 13.0 Å². The van der Waals surface area contributed by atoms with Crippen LogP contribution in [0.15, 0.2) is 24.3 Å². The second kappa shape index (κ2) is 5.57. The summed E-state index contributed by atoms with van der Waals surface area (Å²) in [6.07, 6.45) is 6.13. The van der Waals surface area contributed by atoms with Crippen molar-refractivity contribution < 1.29 is 0 Å². The largest absolute Gasteiger partial charge is 0.328 e. The van der Waals surface area contributed by atoms with E-state index >= 15 is 0 Å². The molecule has 1 aliphatic rings. The highest BCUT2D eigenvalue weighted by Crippen LogP contribution is 2.29. The topological polar surface area (TPSA) is 29.9 Å². The fourth-order valence-electron chi connectivity index (χ4n) is 3.72. The molecule has 0 radical (unpaired) electrons. The van der Waals surface area contributed by atoms with Crippen LogP contribution >= 0.6 is 0 Å². The van der Waals surface area contributed by atoms with Crippen LogP contribution in [0.25, 0.3) is 11.0 Å². The van der Waals surface area contributed by atoms with Crippen LogP contribution in [-0.4, -0.2) is 21.6 Å². The van der Waals surface area contributed by atoms with Crippen molar-refractivity contribution >= 4 is 11.0 Å². The molecule has 0 saturated carbocycles. The van der Waals surface area contributed by atoms with Crippen LogP contribution < -0.4 is 5.32 Å². The standard InChI is InChI=1S/C17H25N3/c1-3-10-17(11-7-12-18-17)13-16-19-14-8-5-6-9-15(14)20(16)4-2/h5-6,8-9,18H,3-4,7,10-13H2,1-2H3. The van der Waals surface area contributed by atoms with Gasteiger partial charge in [0, 0.05) is 18.5 Å². The molecule has 0 spiro atoms. The number of imidazole rings is 1. The first kappa shape index (κ1) is 13.6. The van der Waals surface area contributed by atoms with E-state index in [9.17, 15) is 0 Å². The van der Waals surface area contributed by atoms with E-state index in [0.29, 0.717) is 0 Å². The summed E-state index contributed by atoms with van der Waals surface area (Å²) in [4.78, 5) is 4.90. The smallest absolute Gasteiger partial charge is 0.111 e. The molecular formula is C17H25N3. The van der Waals surface area contributed by atoms with E-state index in [1.165, 1.54) is 37.0 Å². The molecule has 1 atom stereocenters. The van der Waals surface area contributed by atoms with Gasteiger partial charge in [-0.05, 0) is 44.9 Å². The molecule has 1 saturated heterocycles. The van der Waals surface area contributed by atoms with Gasteiger partial charge in [-0.25, -0.2) is 4.98 Å². The number of para-hydroxylation sites is 2. The third kappa shape index (κ3) is 2.35. The molecule has 0 amide bonds. The van der Waals surface area contributed by atoms with Gasteiger partial charge in [0.2, 0.25) is 0 Å². The first-order chi connectivity index (χ1) is 9.78. The Morgan fingerprint density at radius 1 is 1.30 bits per heavy atom. The lowest BCUT2D eigenvalue weighted by Crippen LogP contribution is -2.42. The maximum atomic E-state index is 4.90. The van der Waals surface area contributed by atoms with Crippen molar-refractivity contribution in [1.29, 1.82) is 0 Å². The molecule has 2 aromatic rings. The van der Waals surface area contributed by atoms with Crippen LogP contribution in [0.2, 0.25) is 0 Å². The predicted molar refractivity (Wildman–Crippen MR) is 84.0 cm³/mol. The highest BCUT2D eigenvalue weighted by atomic mass is 15.1. The predicted octanol–water partition coefficient (Wildman–Crippen LogP) is 3.52. The van der Waals surface area contributed by atoms with E-state index in [1.807, 2.05) is 0 Å². The van der Waals surface area contributed by atoms with E-state index in [4.69, 9.17) is 4.98 Å². The van der Waals surface area contributed by atoms with Crippen LogP contribution in [0.4, 0.5) is 0 Å². The van der Waals surface area contributed by atoms with Gasteiger partial charge in [-0.2, -0.15) is 0 Å². The van der Waals surface area contributed by atoms with Crippen LogP contribution in [0.1, 0.15) is 45.4 Å². The van der Waals surface area contributed by atoms with Crippen molar-refractivity contribution in [3.8, 4) is 0 Å². The zero-order valence-electron chi connectivity index (χ0n) is 12.7. The fourth-order valence-corrected chi connectivity index (χ4v) is 3.72. The van der Waals surface area contributed by atoms with E-state index in [2.05, 4.69) is 48.0 Å². The third-order valence-corrected chi connectivity index (χ3v) is 4.61. The summed E-state index contributed by atoms with van der Waals surface area (Å²) < 4.78 is 2.38. The monoisotopic (exact) mass is 271 g/mol. The number of nitrogens with zero attached hydrogens (tertiary/aromatic N) is 2. The quantitative estimate of drug-likeness (QED) is 0.901. The van der Waals surface area contributed by atoms with Gasteiger partial charge in [0.15, 0.2) is 0 Å². The molecule has 1 aromatic heterocycles. The van der Waals surface area contributed by atoms with Crippen molar-refractivity contribution in [1.82, 2.24) is 14.9 Å². The normalized spacial score (nSPS) is 22.7. The van der Waals surface area contributed by atoms with Crippen molar-refractivity contribution in [2.24, 2.45) is 0 Å². The molecule has 1 aliphatic heterocycles. The summed E-state index contributed by atoms with van der Waals surface area (Å²) in [5.74, 6) is 1.25. The number of benzene rings is 1. The Morgan fingerprint density at radius 3 is 2.85 bits per heavy atom. The average molecular weight is 271 g/mol.